The minimum absolute atomic E-state index is 0.0310. The molecule has 0 spiro atoms. The smallest absolute Gasteiger partial charge is 0.187 e. The number of aliphatic hydroxyl groups is 19. The van der Waals surface area contributed by atoms with Crippen LogP contribution < -0.4 is 0 Å². The van der Waals surface area contributed by atoms with E-state index in [0.717, 1.165) is 18.4 Å². The van der Waals surface area contributed by atoms with Gasteiger partial charge in [-0.2, -0.15) is 0 Å². The van der Waals surface area contributed by atoms with Gasteiger partial charge in [-0.05, 0) is 99.7 Å². The summed E-state index contributed by atoms with van der Waals surface area (Å²) in [6, 6.07) is 0. The monoisotopic (exact) mass is 1290 g/mol. The van der Waals surface area contributed by atoms with E-state index in [9.17, 15) is 97.0 Å². The molecule has 5 saturated heterocycles. The van der Waals surface area contributed by atoms with Crippen molar-refractivity contribution >= 4 is 0 Å². The van der Waals surface area contributed by atoms with Gasteiger partial charge in [0.05, 0.1) is 56.9 Å². The van der Waals surface area contributed by atoms with Crippen LogP contribution in [0.3, 0.4) is 0 Å². The van der Waals surface area contributed by atoms with Gasteiger partial charge >= 0.3 is 0 Å². The second-order valence-electron chi connectivity index (χ2n) is 28.7. The summed E-state index contributed by atoms with van der Waals surface area (Å²) in [7, 11) is 0. The van der Waals surface area contributed by atoms with Crippen molar-refractivity contribution in [1.82, 2.24) is 0 Å². The normalized spacial score (nSPS) is 51.8. The first kappa shape index (κ1) is 71.9. The average molecular weight is 1290 g/mol. The predicted octanol–water partition coefficient (Wildman–Crippen LogP) is -5.41. The molecule has 0 aromatic carbocycles. The van der Waals surface area contributed by atoms with Gasteiger partial charge in [-0.15, -0.1) is 0 Å². The molecule has 0 aromatic heterocycles. The van der Waals surface area contributed by atoms with E-state index in [1.54, 1.807) is 0 Å². The molecule has 4 aliphatic carbocycles. The molecule has 0 radical (unpaired) electrons. The van der Waals surface area contributed by atoms with E-state index in [0.29, 0.717) is 32.1 Å². The first-order valence-corrected chi connectivity index (χ1v) is 31.6. The lowest BCUT2D eigenvalue weighted by molar-refractivity contribution is -0.380. The molecule has 29 nitrogen and oxygen atoms in total. The van der Waals surface area contributed by atoms with Crippen molar-refractivity contribution in [2.24, 2.45) is 45.3 Å². The van der Waals surface area contributed by atoms with E-state index in [1.807, 2.05) is 13.8 Å². The Labute approximate surface area is 517 Å². The Balaban J connectivity index is 0.884. The number of fused-ring (bicyclic) bond motifs is 5. The maximum atomic E-state index is 12.8. The Morgan fingerprint density at radius 1 is 0.517 bits per heavy atom. The zero-order chi connectivity index (χ0) is 65.5. The highest BCUT2D eigenvalue weighted by Crippen LogP contribution is 2.75. The highest BCUT2D eigenvalue weighted by Gasteiger charge is 2.71. The molecule has 89 heavy (non-hydrogen) atoms. The summed E-state index contributed by atoms with van der Waals surface area (Å²) in [6.07, 6.45) is -37.7. The summed E-state index contributed by atoms with van der Waals surface area (Å²) in [6.45, 7) is 12.3. The quantitative estimate of drug-likeness (QED) is 0.0506. The highest BCUT2D eigenvalue weighted by atomic mass is 16.8. The van der Waals surface area contributed by atoms with Crippen LogP contribution in [0, 0.1) is 45.3 Å². The van der Waals surface area contributed by atoms with Gasteiger partial charge in [0.1, 0.15) is 122 Å². The average Bonchev–Trinajstić information content (AvgIpc) is 1.66. The van der Waals surface area contributed by atoms with Crippen molar-refractivity contribution in [3.63, 3.8) is 0 Å². The van der Waals surface area contributed by atoms with Gasteiger partial charge in [-0.3, -0.25) is 0 Å². The van der Waals surface area contributed by atoms with Crippen molar-refractivity contribution < 1.29 is 144 Å². The minimum atomic E-state index is -1.96. The Hall–Kier alpha value is -1.42. The Kier molecular flexibility index (Phi) is 22.3. The SMILES string of the molecule is C[C@H](CC[C@@H](O[C@@H]1O[C@H](CO[C@@H]2O[C@H](CO)[C@@H](O)[C@H](O)[C@H]2O)[C@@H](O)[C@H](O)[C@H]1O[C@@H]1O[C@H](CO)[C@@H](O)[C@H](O)[C@H]1O)C(C)(C)O)C1CC[C@@]2(C)C3CC=C4C(CC[C@H](O[C@@H]5O[C@H](CO)[C@@H](O[C@H]6O[C@H](CO)[C@@H](O)[C@H](O)[C@H]6O)[C@H](O)[C@H]5O)C4(C)C)[C@]3(C)[C@H](O)C[C@]12C. The maximum absolute atomic E-state index is 12.8. The summed E-state index contributed by atoms with van der Waals surface area (Å²) in [5, 5.41) is 205. The fourth-order valence-corrected chi connectivity index (χ4v) is 17.1. The van der Waals surface area contributed by atoms with Gasteiger partial charge in [-0.25, -0.2) is 0 Å². The van der Waals surface area contributed by atoms with E-state index in [-0.39, 0.29) is 35.5 Å². The molecular formula is C60H102O29. The second kappa shape index (κ2) is 27.6. The third kappa shape index (κ3) is 13.0. The molecule has 5 aliphatic heterocycles. The summed E-state index contributed by atoms with van der Waals surface area (Å²) < 4.78 is 59.5. The van der Waals surface area contributed by atoms with Gasteiger partial charge in [0, 0.05) is 10.8 Å². The molecule has 3 unspecified atom stereocenters. The van der Waals surface area contributed by atoms with E-state index in [1.165, 1.54) is 13.8 Å². The molecule has 3 saturated carbocycles. The van der Waals surface area contributed by atoms with Crippen LogP contribution in [0.15, 0.2) is 11.6 Å². The van der Waals surface area contributed by atoms with Crippen molar-refractivity contribution in [3.8, 4) is 0 Å². The maximum Gasteiger partial charge on any atom is 0.187 e. The third-order valence-electron chi connectivity index (χ3n) is 22.9. The van der Waals surface area contributed by atoms with E-state index in [4.69, 9.17) is 47.4 Å². The molecule has 19 N–H and O–H groups in total. The number of rotatable bonds is 20. The van der Waals surface area contributed by atoms with Crippen molar-refractivity contribution in [2.75, 3.05) is 33.0 Å². The molecule has 9 aliphatic rings. The molecule has 35 atom stereocenters. The molecule has 0 aromatic rings. The van der Waals surface area contributed by atoms with Crippen LogP contribution in [0.4, 0.5) is 0 Å². The Morgan fingerprint density at radius 3 is 1.52 bits per heavy atom. The fourth-order valence-electron chi connectivity index (χ4n) is 17.1. The summed E-state index contributed by atoms with van der Waals surface area (Å²) in [5.74, 6) is -0.0172. The minimum Gasteiger partial charge on any atom is -0.394 e. The zero-order valence-corrected chi connectivity index (χ0v) is 51.8. The molecule has 9 rings (SSSR count). The molecular weight excluding hydrogens is 1180 g/mol. The Morgan fingerprint density at radius 2 is 0.978 bits per heavy atom. The summed E-state index contributed by atoms with van der Waals surface area (Å²) in [5.41, 5.74) is -2.49. The first-order chi connectivity index (χ1) is 41.7. The van der Waals surface area contributed by atoms with Gasteiger partial charge in [0.2, 0.25) is 0 Å². The molecule has 29 heteroatoms. The fraction of sp³-hybridized carbons (Fsp3) is 0.967. The lowest BCUT2D eigenvalue weighted by Crippen LogP contribution is -2.66. The molecule has 8 fully saturated rings. The van der Waals surface area contributed by atoms with Gasteiger partial charge in [0.25, 0.3) is 0 Å². The number of allylic oxidation sites excluding steroid dienone is 1. The molecule has 5 heterocycles. The summed E-state index contributed by atoms with van der Waals surface area (Å²) >= 11 is 0. The molecule has 0 amide bonds. The second-order valence-corrected chi connectivity index (χ2v) is 28.7. The van der Waals surface area contributed by atoms with Crippen LogP contribution >= 0.6 is 0 Å². The third-order valence-corrected chi connectivity index (χ3v) is 22.9. The highest BCUT2D eigenvalue weighted by molar-refractivity contribution is 5.32. The van der Waals surface area contributed by atoms with Crippen molar-refractivity contribution in [1.29, 1.82) is 0 Å². The first-order valence-electron chi connectivity index (χ1n) is 31.6. The topological polar surface area (TPSA) is 477 Å². The number of aliphatic hydroxyl groups excluding tert-OH is 18. The zero-order valence-electron chi connectivity index (χ0n) is 51.8. The Bertz CT molecular complexity index is 2340. The van der Waals surface area contributed by atoms with Gasteiger partial charge in [-0.1, -0.05) is 53.2 Å². The number of hydrogen-bond donors (Lipinski definition) is 19. The van der Waals surface area contributed by atoms with Crippen LogP contribution in [0.2, 0.25) is 0 Å². The molecule has 516 valence electrons. The van der Waals surface area contributed by atoms with Gasteiger partial charge in [0.15, 0.2) is 31.5 Å². The lowest BCUT2D eigenvalue weighted by atomic mass is 9.38. The largest absolute Gasteiger partial charge is 0.394 e. The standard InChI is InChI=1S/C60H102O29/c1-23(9-13-35(57(4,5)79)87-55-50(89-54-47(77)42(72)38(68)29(20-63)83-54)43(73)39(69)31(85-55)22-80-51-45(75)40(70)36(66)27(18-61)81-51)24-15-16-58(6)32-12-10-25-26(60(32,8)33(65)17-59(24,58)7)11-14-34(56(25,2)3)86-52-48(78)44(74)49(30(21-64)84-52)88-53-46(76)41(71)37(67)28(19-62)82-53/h10,23-24,26-55,61-79H,9,11-22H2,1-8H3/t23-,24?,26?,27-,28-,29-,30-,31-,32?,33-,34+,35-,36-,37-,38-,39-,40+,41+,42+,43+,44-,45-,46-,47-,48-,49-,50-,51-,52+,53-,54+,55+,58+,59-,60+/m1/s1. The van der Waals surface area contributed by atoms with Crippen molar-refractivity contribution in [2.45, 2.75) is 284 Å². The van der Waals surface area contributed by atoms with Crippen LogP contribution in [-0.2, 0) is 47.4 Å². The van der Waals surface area contributed by atoms with Crippen LogP contribution in [0.5, 0.6) is 0 Å². The van der Waals surface area contributed by atoms with Crippen LogP contribution in [0.1, 0.15) is 107 Å². The lowest BCUT2D eigenvalue weighted by Gasteiger charge is -2.67. The number of ether oxygens (including phenoxy) is 10. The van der Waals surface area contributed by atoms with E-state index in [2.05, 4.69) is 33.8 Å². The van der Waals surface area contributed by atoms with Gasteiger partial charge < -0.3 is 144 Å². The van der Waals surface area contributed by atoms with Crippen molar-refractivity contribution in [3.05, 3.63) is 11.6 Å². The molecule has 0 bridgehead atoms. The predicted molar refractivity (Wildman–Crippen MR) is 300 cm³/mol. The van der Waals surface area contributed by atoms with Crippen LogP contribution in [0.25, 0.3) is 0 Å². The van der Waals surface area contributed by atoms with E-state index < -0.39 is 227 Å². The summed E-state index contributed by atoms with van der Waals surface area (Å²) in [4.78, 5) is 0. The van der Waals surface area contributed by atoms with Crippen LogP contribution in [-0.4, -0.2) is 308 Å². The van der Waals surface area contributed by atoms with E-state index >= 15 is 0 Å². The number of hydrogen-bond acceptors (Lipinski definition) is 29.